The molecule has 0 saturated heterocycles. The first kappa shape index (κ1) is 18.0. The molecule has 0 aromatic carbocycles. The zero-order valence-corrected chi connectivity index (χ0v) is 12.7. The van der Waals surface area contributed by atoms with E-state index in [1.165, 1.54) is 12.1 Å². The van der Waals surface area contributed by atoms with Crippen molar-refractivity contribution in [3.05, 3.63) is 17.9 Å². The summed E-state index contributed by atoms with van der Waals surface area (Å²) in [5.41, 5.74) is 0. The fourth-order valence-corrected chi connectivity index (χ4v) is 2.63. The van der Waals surface area contributed by atoms with E-state index < -0.39 is 29.2 Å². The third-order valence-electron chi connectivity index (χ3n) is 2.74. The Kier molecular flexibility index (Phi) is 6.24. The second-order valence-corrected chi connectivity index (χ2v) is 6.57. The zero-order valence-electron chi connectivity index (χ0n) is 11.9. The van der Waals surface area contributed by atoms with Gasteiger partial charge in [-0.15, -0.1) is 0 Å². The van der Waals surface area contributed by atoms with E-state index in [9.17, 15) is 21.6 Å². The molecule has 5 nitrogen and oxygen atoms in total. The van der Waals surface area contributed by atoms with E-state index in [4.69, 9.17) is 4.42 Å². The summed E-state index contributed by atoms with van der Waals surface area (Å²) in [5.74, 6) is 0.422. The minimum atomic E-state index is -4.40. The number of rotatable bonds is 8. The minimum absolute atomic E-state index is 0.347. The van der Waals surface area contributed by atoms with Gasteiger partial charge >= 0.3 is 6.18 Å². The van der Waals surface area contributed by atoms with Gasteiger partial charge in [0.25, 0.3) is 10.0 Å². The predicted octanol–water partition coefficient (Wildman–Crippen LogP) is 2.35. The second-order valence-electron chi connectivity index (χ2n) is 4.59. The fourth-order valence-electron chi connectivity index (χ4n) is 1.54. The molecule has 0 spiro atoms. The first-order chi connectivity index (χ1) is 9.66. The third-order valence-corrected chi connectivity index (χ3v) is 4.47. The van der Waals surface area contributed by atoms with Crippen molar-refractivity contribution in [1.29, 1.82) is 0 Å². The molecule has 0 amide bonds. The van der Waals surface area contributed by atoms with Crippen LogP contribution in [-0.4, -0.2) is 39.0 Å². The van der Waals surface area contributed by atoms with E-state index >= 15 is 0 Å². The van der Waals surface area contributed by atoms with Gasteiger partial charge in [0.15, 0.2) is 0 Å². The number of halogens is 3. The van der Waals surface area contributed by atoms with Crippen LogP contribution in [0, 0.1) is 0 Å². The molecule has 21 heavy (non-hydrogen) atoms. The van der Waals surface area contributed by atoms with E-state index in [0.717, 1.165) is 20.0 Å². The lowest BCUT2D eigenvalue weighted by Crippen LogP contribution is -2.30. The topological polar surface area (TPSA) is 62.6 Å². The summed E-state index contributed by atoms with van der Waals surface area (Å²) in [6, 6.07) is 2.75. The Morgan fingerprint density at radius 3 is 2.57 bits per heavy atom. The number of nitrogens with one attached hydrogen (secondary N) is 1. The molecule has 1 aromatic heterocycles. The third kappa shape index (κ3) is 5.68. The molecule has 1 N–H and O–H groups in total. The van der Waals surface area contributed by atoms with Gasteiger partial charge in [-0.3, -0.25) is 0 Å². The van der Waals surface area contributed by atoms with Crippen molar-refractivity contribution in [3.8, 4) is 0 Å². The second kappa shape index (κ2) is 7.28. The van der Waals surface area contributed by atoms with Crippen molar-refractivity contribution < 1.29 is 26.0 Å². The fraction of sp³-hybridized carbons (Fsp3) is 0.667. The highest BCUT2D eigenvalue weighted by Gasteiger charge is 2.31. The summed E-state index contributed by atoms with van der Waals surface area (Å²) in [7, 11) is -2.94. The van der Waals surface area contributed by atoms with Crippen LogP contribution in [0.5, 0.6) is 0 Å². The Balaban J connectivity index is 2.69. The van der Waals surface area contributed by atoms with Crippen LogP contribution in [0.3, 0.4) is 0 Å². The zero-order chi connectivity index (χ0) is 16.1. The van der Waals surface area contributed by atoms with Crippen LogP contribution in [0.2, 0.25) is 0 Å². The van der Waals surface area contributed by atoms with Crippen molar-refractivity contribution in [1.82, 2.24) is 9.62 Å². The molecule has 0 fully saturated rings. The molecule has 0 aliphatic carbocycles. The highest BCUT2D eigenvalue weighted by Crippen LogP contribution is 2.23. The Bertz CT molecular complexity index is 540. The lowest BCUT2D eigenvalue weighted by atomic mass is 10.4. The summed E-state index contributed by atoms with van der Waals surface area (Å²) in [6.07, 6.45) is -4.68. The number of nitrogens with zero attached hydrogens (tertiary/aromatic N) is 1. The molecule has 1 rings (SSSR count). The average molecular weight is 328 g/mol. The number of furan rings is 1. The summed E-state index contributed by atoms with van der Waals surface area (Å²) >= 11 is 0. The summed E-state index contributed by atoms with van der Waals surface area (Å²) < 4.78 is 66.3. The maximum Gasteiger partial charge on any atom is 0.390 e. The molecular weight excluding hydrogens is 309 g/mol. The average Bonchev–Trinajstić information content (AvgIpc) is 2.84. The number of hydrogen-bond acceptors (Lipinski definition) is 4. The van der Waals surface area contributed by atoms with Crippen LogP contribution in [0.15, 0.2) is 21.6 Å². The Morgan fingerprint density at radius 1 is 1.33 bits per heavy atom. The summed E-state index contributed by atoms with van der Waals surface area (Å²) in [5, 5.41) is 2.69. The van der Waals surface area contributed by atoms with Crippen LogP contribution >= 0.6 is 0 Å². The molecule has 0 saturated carbocycles. The van der Waals surface area contributed by atoms with E-state index in [-0.39, 0.29) is 5.09 Å². The van der Waals surface area contributed by atoms with Gasteiger partial charge in [-0.1, -0.05) is 6.92 Å². The molecule has 0 atom stereocenters. The first-order valence-electron chi connectivity index (χ1n) is 6.49. The number of alkyl halides is 3. The van der Waals surface area contributed by atoms with Gasteiger partial charge in [0, 0.05) is 13.6 Å². The normalized spacial score (nSPS) is 13.0. The van der Waals surface area contributed by atoms with Crippen molar-refractivity contribution in [2.45, 2.75) is 37.6 Å². The van der Waals surface area contributed by atoms with E-state index in [1.807, 2.05) is 6.92 Å². The van der Waals surface area contributed by atoms with E-state index in [2.05, 4.69) is 5.32 Å². The minimum Gasteiger partial charge on any atom is -0.447 e. The molecule has 0 aliphatic heterocycles. The Labute approximate surface area is 122 Å². The summed E-state index contributed by atoms with van der Waals surface area (Å²) in [4.78, 5) is 0. The standard InChI is InChI=1S/C12H19F3N2O3S/c1-3-7-16-9-10-4-5-11(20-10)21(18,19)17(2)8-6-12(13,14)15/h4-5,16H,3,6-9H2,1-2H3. The van der Waals surface area contributed by atoms with Crippen LogP contribution in [0.25, 0.3) is 0 Å². The van der Waals surface area contributed by atoms with Crippen LogP contribution < -0.4 is 5.32 Å². The van der Waals surface area contributed by atoms with Crippen molar-refractivity contribution in [2.24, 2.45) is 0 Å². The van der Waals surface area contributed by atoms with Crippen LogP contribution in [0.4, 0.5) is 13.2 Å². The lowest BCUT2D eigenvalue weighted by molar-refractivity contribution is -0.135. The van der Waals surface area contributed by atoms with Crippen LogP contribution in [-0.2, 0) is 16.6 Å². The highest BCUT2D eigenvalue weighted by molar-refractivity contribution is 7.89. The largest absolute Gasteiger partial charge is 0.447 e. The molecule has 0 aliphatic rings. The monoisotopic (exact) mass is 328 g/mol. The maximum atomic E-state index is 12.1. The van der Waals surface area contributed by atoms with Gasteiger partial charge in [-0.2, -0.15) is 17.5 Å². The molecule has 0 bridgehead atoms. The van der Waals surface area contributed by atoms with Crippen molar-refractivity contribution in [2.75, 3.05) is 20.1 Å². The van der Waals surface area contributed by atoms with Gasteiger partial charge in [-0.05, 0) is 25.1 Å². The first-order valence-corrected chi connectivity index (χ1v) is 7.93. The number of hydrogen-bond donors (Lipinski definition) is 1. The van der Waals surface area contributed by atoms with Gasteiger partial charge in [0.1, 0.15) is 5.76 Å². The predicted molar refractivity (Wildman–Crippen MR) is 71.2 cm³/mol. The Hall–Kier alpha value is -1.06. The van der Waals surface area contributed by atoms with E-state index in [1.54, 1.807) is 0 Å². The quantitative estimate of drug-likeness (QED) is 0.744. The molecule has 122 valence electrons. The smallest absolute Gasteiger partial charge is 0.390 e. The van der Waals surface area contributed by atoms with Gasteiger partial charge < -0.3 is 9.73 Å². The number of sulfonamides is 1. The molecule has 0 radical (unpaired) electrons. The Morgan fingerprint density at radius 2 is 2.00 bits per heavy atom. The van der Waals surface area contributed by atoms with Crippen molar-refractivity contribution >= 4 is 10.0 Å². The van der Waals surface area contributed by atoms with Crippen molar-refractivity contribution in [3.63, 3.8) is 0 Å². The van der Waals surface area contributed by atoms with E-state index in [0.29, 0.717) is 16.6 Å². The molecular formula is C12H19F3N2O3S. The molecule has 9 heteroatoms. The molecule has 0 unspecified atom stereocenters. The maximum absolute atomic E-state index is 12.1. The van der Waals surface area contributed by atoms with Crippen LogP contribution in [0.1, 0.15) is 25.5 Å². The molecule has 1 aromatic rings. The van der Waals surface area contributed by atoms with Gasteiger partial charge in [0.2, 0.25) is 5.09 Å². The summed E-state index contributed by atoms with van der Waals surface area (Å²) in [6.45, 7) is 2.47. The SMILES string of the molecule is CCCNCc1ccc(S(=O)(=O)N(C)CCC(F)(F)F)o1. The molecule has 1 heterocycles. The van der Waals surface area contributed by atoms with Gasteiger partial charge in [-0.25, -0.2) is 8.42 Å². The lowest BCUT2D eigenvalue weighted by Gasteiger charge is -2.16. The van der Waals surface area contributed by atoms with Gasteiger partial charge in [0.05, 0.1) is 13.0 Å². The highest BCUT2D eigenvalue weighted by atomic mass is 32.2.